The van der Waals surface area contributed by atoms with Crippen molar-refractivity contribution in [2.75, 3.05) is 33.2 Å². The van der Waals surface area contributed by atoms with E-state index in [0.29, 0.717) is 26.5 Å². The number of aryl methyl sites for hydroxylation is 1. The maximum Gasteiger partial charge on any atom is 0.265 e. The molecule has 136 valence electrons. The molecular weight excluding hydrogens is 377 g/mol. The molecule has 7 heteroatoms. The zero-order valence-electron chi connectivity index (χ0n) is 15.0. The molecule has 0 aliphatic carbocycles. The van der Waals surface area contributed by atoms with Gasteiger partial charge in [0.25, 0.3) is 5.91 Å². The third-order valence-electron chi connectivity index (χ3n) is 4.14. The molecule has 4 nitrogen and oxygen atoms in total. The van der Waals surface area contributed by atoms with Crippen molar-refractivity contribution in [3.05, 3.63) is 38.8 Å². The highest BCUT2D eigenvalue weighted by molar-refractivity contribution is 7.17. The summed E-state index contributed by atoms with van der Waals surface area (Å²) >= 11 is 13.7. The van der Waals surface area contributed by atoms with Crippen LogP contribution in [0.25, 0.3) is 10.6 Å². The van der Waals surface area contributed by atoms with Crippen LogP contribution in [-0.2, 0) is 0 Å². The minimum absolute atomic E-state index is 0.00782. The summed E-state index contributed by atoms with van der Waals surface area (Å²) in [5.41, 5.74) is 1.47. The van der Waals surface area contributed by atoms with Crippen molar-refractivity contribution in [3.63, 3.8) is 0 Å². The molecular formula is C18H23Cl2N3OS. The monoisotopic (exact) mass is 399 g/mol. The average Bonchev–Trinajstić information content (AvgIpc) is 2.98. The molecule has 0 saturated heterocycles. The van der Waals surface area contributed by atoms with Gasteiger partial charge in [-0.05, 0) is 38.2 Å². The van der Waals surface area contributed by atoms with Crippen molar-refractivity contribution in [1.82, 2.24) is 14.8 Å². The summed E-state index contributed by atoms with van der Waals surface area (Å²) in [5, 5.41) is 1.88. The predicted molar refractivity (Wildman–Crippen MR) is 107 cm³/mol. The van der Waals surface area contributed by atoms with Crippen LogP contribution in [0.1, 0.15) is 29.2 Å². The quantitative estimate of drug-likeness (QED) is 0.667. The second-order valence-corrected chi connectivity index (χ2v) is 7.65. The number of carbonyl (C=O) groups excluding carboxylic acids is 1. The summed E-state index contributed by atoms with van der Waals surface area (Å²) < 4.78 is 0. The Balaban J connectivity index is 2.18. The molecule has 2 aromatic rings. The van der Waals surface area contributed by atoms with Crippen LogP contribution in [0.4, 0.5) is 0 Å². The fraction of sp³-hybridized carbons (Fsp3) is 0.444. The number of amides is 1. The number of likely N-dealkylation sites (N-methyl/N-ethyl adjacent to an activating group) is 2. The third-order valence-corrected chi connectivity index (χ3v) is 5.89. The molecule has 0 N–H and O–H groups in total. The molecule has 0 saturated carbocycles. The number of benzene rings is 1. The van der Waals surface area contributed by atoms with E-state index in [1.165, 1.54) is 11.3 Å². The van der Waals surface area contributed by atoms with E-state index < -0.39 is 0 Å². The van der Waals surface area contributed by atoms with Gasteiger partial charge >= 0.3 is 0 Å². The Morgan fingerprint density at radius 3 is 2.52 bits per heavy atom. The van der Waals surface area contributed by atoms with Gasteiger partial charge in [0.1, 0.15) is 9.88 Å². The van der Waals surface area contributed by atoms with E-state index in [4.69, 9.17) is 23.2 Å². The standard InChI is InChI=1S/C18H23Cl2N3OS/c1-5-23(6-2)10-9-22(4)18(24)16-12(3)21-17(25-16)14-11-13(19)7-8-15(14)20/h7-8,11H,5-6,9-10H2,1-4H3. The van der Waals surface area contributed by atoms with E-state index in [0.717, 1.165) is 30.9 Å². The molecule has 0 unspecified atom stereocenters. The lowest BCUT2D eigenvalue weighted by atomic mass is 10.2. The minimum atomic E-state index is -0.00782. The van der Waals surface area contributed by atoms with Crippen molar-refractivity contribution in [2.45, 2.75) is 20.8 Å². The Labute approximate surface area is 163 Å². The van der Waals surface area contributed by atoms with E-state index in [-0.39, 0.29) is 5.91 Å². The van der Waals surface area contributed by atoms with E-state index in [2.05, 4.69) is 23.7 Å². The molecule has 2 rings (SSSR count). The van der Waals surface area contributed by atoms with Crippen LogP contribution in [0, 0.1) is 6.92 Å². The fourth-order valence-corrected chi connectivity index (χ4v) is 4.00. The molecule has 1 aromatic carbocycles. The molecule has 0 bridgehead atoms. The molecule has 0 atom stereocenters. The van der Waals surface area contributed by atoms with Gasteiger partial charge in [-0.15, -0.1) is 11.3 Å². The van der Waals surface area contributed by atoms with E-state index in [1.54, 1.807) is 23.1 Å². The van der Waals surface area contributed by atoms with Gasteiger partial charge in [0.15, 0.2) is 0 Å². The van der Waals surface area contributed by atoms with Crippen LogP contribution in [0.5, 0.6) is 0 Å². The highest BCUT2D eigenvalue weighted by Gasteiger charge is 2.21. The number of thiazole rings is 1. The van der Waals surface area contributed by atoms with Gasteiger partial charge in [0.05, 0.1) is 10.7 Å². The van der Waals surface area contributed by atoms with Gasteiger partial charge < -0.3 is 9.80 Å². The number of hydrogen-bond acceptors (Lipinski definition) is 4. The summed E-state index contributed by atoms with van der Waals surface area (Å²) in [7, 11) is 1.83. The fourth-order valence-electron chi connectivity index (χ4n) is 2.48. The third kappa shape index (κ3) is 4.94. The first-order valence-electron chi connectivity index (χ1n) is 8.28. The topological polar surface area (TPSA) is 36.4 Å². The molecule has 0 fully saturated rings. The van der Waals surface area contributed by atoms with Crippen molar-refractivity contribution < 1.29 is 4.79 Å². The average molecular weight is 400 g/mol. The summed E-state index contributed by atoms with van der Waals surface area (Å²) in [6.07, 6.45) is 0. The number of aromatic nitrogens is 1. The summed E-state index contributed by atoms with van der Waals surface area (Å²) in [4.78, 5) is 22.0. The summed E-state index contributed by atoms with van der Waals surface area (Å²) in [5.74, 6) is -0.00782. The lowest BCUT2D eigenvalue weighted by molar-refractivity contribution is 0.0783. The molecule has 1 aromatic heterocycles. The maximum absolute atomic E-state index is 12.8. The van der Waals surface area contributed by atoms with Gasteiger partial charge in [0, 0.05) is 30.7 Å². The Kier molecular flexibility index (Phi) is 7.25. The molecule has 1 amide bonds. The lowest BCUT2D eigenvalue weighted by Crippen LogP contribution is -2.36. The number of rotatable bonds is 7. The van der Waals surface area contributed by atoms with Crippen LogP contribution in [0.3, 0.4) is 0 Å². The molecule has 0 spiro atoms. The number of nitrogens with zero attached hydrogens (tertiary/aromatic N) is 3. The Morgan fingerprint density at radius 1 is 1.20 bits per heavy atom. The van der Waals surface area contributed by atoms with Crippen molar-refractivity contribution >= 4 is 40.4 Å². The summed E-state index contributed by atoms with van der Waals surface area (Å²) in [6, 6.07) is 5.26. The largest absolute Gasteiger partial charge is 0.340 e. The second-order valence-electron chi connectivity index (χ2n) is 5.81. The molecule has 0 aliphatic rings. The van der Waals surface area contributed by atoms with Gasteiger partial charge in [0.2, 0.25) is 0 Å². The van der Waals surface area contributed by atoms with Crippen LogP contribution in [0.2, 0.25) is 10.0 Å². The second kappa shape index (κ2) is 8.99. The predicted octanol–water partition coefficient (Wildman–Crippen LogP) is 4.84. The highest BCUT2D eigenvalue weighted by Crippen LogP contribution is 2.35. The zero-order chi connectivity index (χ0) is 18.6. The molecule has 0 aliphatic heterocycles. The first-order valence-corrected chi connectivity index (χ1v) is 9.85. The zero-order valence-corrected chi connectivity index (χ0v) is 17.3. The van der Waals surface area contributed by atoms with Gasteiger partial charge in [-0.25, -0.2) is 4.98 Å². The van der Waals surface area contributed by atoms with Crippen molar-refractivity contribution in [1.29, 1.82) is 0 Å². The SMILES string of the molecule is CCN(CC)CCN(C)C(=O)c1sc(-c2cc(Cl)ccc2Cl)nc1C. The minimum Gasteiger partial charge on any atom is -0.340 e. The summed E-state index contributed by atoms with van der Waals surface area (Å²) in [6.45, 7) is 9.61. The van der Waals surface area contributed by atoms with Gasteiger partial charge in [-0.1, -0.05) is 37.0 Å². The Bertz CT molecular complexity index is 744. The van der Waals surface area contributed by atoms with Crippen molar-refractivity contribution in [2.24, 2.45) is 0 Å². The van der Waals surface area contributed by atoms with Gasteiger partial charge in [-0.3, -0.25) is 4.79 Å². The van der Waals surface area contributed by atoms with Crippen molar-refractivity contribution in [3.8, 4) is 10.6 Å². The number of hydrogen-bond donors (Lipinski definition) is 0. The normalized spacial score (nSPS) is 11.2. The number of carbonyl (C=O) groups is 1. The van der Waals surface area contributed by atoms with Crippen LogP contribution in [0.15, 0.2) is 18.2 Å². The first kappa shape index (κ1) is 20.2. The smallest absolute Gasteiger partial charge is 0.265 e. The van der Waals surface area contributed by atoms with E-state index in [1.807, 2.05) is 14.0 Å². The highest BCUT2D eigenvalue weighted by atomic mass is 35.5. The molecule has 25 heavy (non-hydrogen) atoms. The Morgan fingerprint density at radius 2 is 1.88 bits per heavy atom. The van der Waals surface area contributed by atoms with E-state index >= 15 is 0 Å². The number of halogens is 2. The van der Waals surface area contributed by atoms with Gasteiger partial charge in [-0.2, -0.15) is 0 Å². The lowest BCUT2D eigenvalue weighted by Gasteiger charge is -2.22. The van der Waals surface area contributed by atoms with E-state index in [9.17, 15) is 4.79 Å². The maximum atomic E-state index is 12.8. The molecule has 0 radical (unpaired) electrons. The van der Waals surface area contributed by atoms with Crippen LogP contribution >= 0.6 is 34.5 Å². The molecule has 1 heterocycles. The van der Waals surface area contributed by atoms with Crippen LogP contribution in [-0.4, -0.2) is 53.9 Å². The Hall–Kier alpha value is -1.14. The first-order chi connectivity index (χ1) is 11.9. The van der Waals surface area contributed by atoms with Crippen LogP contribution < -0.4 is 0 Å².